The second-order valence-corrected chi connectivity index (χ2v) is 2.84. The topological polar surface area (TPSA) is 26.3 Å². The number of methoxy groups -OCH3 is 1. The third-order valence-corrected chi connectivity index (χ3v) is 1.99. The predicted molar refractivity (Wildman–Crippen MR) is 51.6 cm³/mol. The van der Waals surface area contributed by atoms with E-state index in [4.69, 9.17) is 16.3 Å². The molecule has 0 saturated carbocycles. The maximum atomic E-state index is 10.6. The van der Waals surface area contributed by atoms with E-state index in [2.05, 4.69) is 0 Å². The van der Waals surface area contributed by atoms with Crippen molar-refractivity contribution in [2.24, 2.45) is 0 Å². The Morgan fingerprint density at radius 1 is 1.58 bits per heavy atom. The second-order valence-electron chi connectivity index (χ2n) is 2.43. The maximum absolute atomic E-state index is 10.6. The zero-order valence-corrected chi connectivity index (χ0v) is 7.68. The number of halogens is 1. The van der Waals surface area contributed by atoms with Gasteiger partial charge in [-0.1, -0.05) is 17.7 Å². The standard InChI is InChI=1S/C8H8BClO2/c1-12-8-5(4-11)7(10)3-2-6(8)9/h2-4H,9H2,1H3. The highest BCUT2D eigenvalue weighted by Gasteiger charge is 2.08. The Morgan fingerprint density at radius 2 is 2.25 bits per heavy atom. The third kappa shape index (κ3) is 1.46. The first-order valence-corrected chi connectivity index (χ1v) is 3.86. The Bertz CT molecular complexity index is 312. The summed E-state index contributed by atoms with van der Waals surface area (Å²) in [7, 11) is 3.38. The summed E-state index contributed by atoms with van der Waals surface area (Å²) < 4.78 is 5.03. The normalized spacial score (nSPS) is 9.50. The number of rotatable bonds is 2. The van der Waals surface area contributed by atoms with Crippen LogP contribution in [0.1, 0.15) is 10.4 Å². The lowest BCUT2D eigenvalue weighted by Gasteiger charge is -2.07. The maximum Gasteiger partial charge on any atom is 0.155 e. The molecule has 0 N–H and O–H groups in total. The van der Waals surface area contributed by atoms with Gasteiger partial charge >= 0.3 is 0 Å². The molecule has 0 spiro atoms. The van der Waals surface area contributed by atoms with Crippen LogP contribution in [0.15, 0.2) is 12.1 Å². The zero-order chi connectivity index (χ0) is 9.14. The highest BCUT2D eigenvalue weighted by atomic mass is 35.5. The highest BCUT2D eigenvalue weighted by molar-refractivity contribution is 6.38. The first-order valence-electron chi connectivity index (χ1n) is 3.49. The molecule has 0 aliphatic heterocycles. The summed E-state index contributed by atoms with van der Waals surface area (Å²) in [6.07, 6.45) is 0.703. The number of ether oxygens (including phenoxy) is 1. The molecule has 0 aliphatic carbocycles. The second kappa shape index (κ2) is 3.63. The Balaban J connectivity index is 3.38. The summed E-state index contributed by atoms with van der Waals surface area (Å²) in [6.45, 7) is 0. The number of hydrogen-bond acceptors (Lipinski definition) is 2. The summed E-state index contributed by atoms with van der Waals surface area (Å²) in [4.78, 5) is 10.6. The van der Waals surface area contributed by atoms with Gasteiger partial charge in [-0.15, -0.1) is 0 Å². The molecule has 0 aromatic heterocycles. The molecule has 1 aromatic rings. The van der Waals surface area contributed by atoms with Crippen LogP contribution in [0.3, 0.4) is 0 Å². The molecule has 0 fully saturated rings. The summed E-state index contributed by atoms with van der Waals surface area (Å²) in [5, 5.41) is 0.424. The smallest absolute Gasteiger partial charge is 0.155 e. The van der Waals surface area contributed by atoms with Crippen LogP contribution < -0.4 is 10.2 Å². The van der Waals surface area contributed by atoms with Crippen LogP contribution in [0, 0.1) is 0 Å². The van der Waals surface area contributed by atoms with Crippen LogP contribution in [-0.4, -0.2) is 21.2 Å². The molecule has 0 radical (unpaired) electrons. The molecule has 1 rings (SSSR count). The van der Waals surface area contributed by atoms with Crippen molar-refractivity contribution in [2.75, 3.05) is 7.11 Å². The molecule has 0 aliphatic rings. The molecule has 0 saturated heterocycles. The molecular formula is C8H8BClO2. The van der Waals surface area contributed by atoms with Crippen LogP contribution in [0.25, 0.3) is 0 Å². The zero-order valence-electron chi connectivity index (χ0n) is 6.93. The summed E-state index contributed by atoms with van der Waals surface area (Å²) in [6, 6.07) is 3.50. The molecule has 0 bridgehead atoms. The minimum absolute atomic E-state index is 0.416. The van der Waals surface area contributed by atoms with E-state index in [1.807, 2.05) is 13.9 Å². The van der Waals surface area contributed by atoms with Crippen LogP contribution in [0.2, 0.25) is 5.02 Å². The Kier molecular flexibility index (Phi) is 2.76. The van der Waals surface area contributed by atoms with E-state index in [0.29, 0.717) is 22.6 Å². The summed E-state index contributed by atoms with van der Waals surface area (Å²) >= 11 is 5.77. The lowest BCUT2D eigenvalue weighted by molar-refractivity contribution is 0.112. The molecule has 2 nitrogen and oxygen atoms in total. The number of carbonyl (C=O) groups is 1. The van der Waals surface area contributed by atoms with Crippen LogP contribution in [-0.2, 0) is 0 Å². The molecule has 0 heterocycles. The molecule has 62 valence electrons. The fourth-order valence-electron chi connectivity index (χ4n) is 1.07. The minimum atomic E-state index is 0.416. The first kappa shape index (κ1) is 9.14. The first-order chi connectivity index (χ1) is 5.70. The number of carbonyl (C=O) groups excluding carboxylic acids is 1. The predicted octanol–water partition coefficient (Wildman–Crippen LogP) is 0.419. The molecule has 0 atom stereocenters. The van der Waals surface area contributed by atoms with Gasteiger partial charge < -0.3 is 4.74 Å². The van der Waals surface area contributed by atoms with Gasteiger partial charge in [0.15, 0.2) is 6.29 Å². The minimum Gasteiger partial charge on any atom is -0.497 e. The summed E-state index contributed by atoms with van der Waals surface area (Å²) in [5.74, 6) is 0.553. The average molecular weight is 182 g/mol. The quantitative estimate of drug-likeness (QED) is 0.489. The SMILES string of the molecule is Bc1ccc(Cl)c(C=O)c1OC. The van der Waals surface area contributed by atoms with Crippen LogP contribution in [0.5, 0.6) is 5.75 Å². The van der Waals surface area contributed by atoms with E-state index in [-0.39, 0.29) is 0 Å². The Labute approximate surface area is 76.9 Å². The summed E-state index contributed by atoms with van der Waals surface area (Å²) in [5.41, 5.74) is 1.32. The lowest BCUT2D eigenvalue weighted by Crippen LogP contribution is -2.09. The number of benzene rings is 1. The largest absolute Gasteiger partial charge is 0.497 e. The van der Waals surface area contributed by atoms with E-state index in [1.54, 1.807) is 6.07 Å². The van der Waals surface area contributed by atoms with Crippen molar-refractivity contribution < 1.29 is 9.53 Å². The van der Waals surface area contributed by atoms with E-state index in [0.717, 1.165) is 5.46 Å². The van der Waals surface area contributed by atoms with E-state index < -0.39 is 0 Å². The van der Waals surface area contributed by atoms with Gasteiger partial charge in [-0.25, -0.2) is 0 Å². The third-order valence-electron chi connectivity index (χ3n) is 1.66. The van der Waals surface area contributed by atoms with Crippen molar-refractivity contribution in [3.05, 3.63) is 22.7 Å². The van der Waals surface area contributed by atoms with Crippen molar-refractivity contribution >= 4 is 31.2 Å². The lowest BCUT2D eigenvalue weighted by atomic mass is 9.93. The van der Waals surface area contributed by atoms with Crippen molar-refractivity contribution in [2.45, 2.75) is 0 Å². The van der Waals surface area contributed by atoms with Crippen LogP contribution >= 0.6 is 11.6 Å². The van der Waals surface area contributed by atoms with Gasteiger partial charge in [0.1, 0.15) is 13.6 Å². The van der Waals surface area contributed by atoms with Crippen molar-refractivity contribution in [1.29, 1.82) is 0 Å². The van der Waals surface area contributed by atoms with Crippen LogP contribution in [0.4, 0.5) is 0 Å². The molecular weight excluding hydrogens is 174 g/mol. The van der Waals surface area contributed by atoms with Crippen molar-refractivity contribution in [3.63, 3.8) is 0 Å². The Hall–Kier alpha value is -0.955. The molecule has 1 aromatic carbocycles. The van der Waals surface area contributed by atoms with Gasteiger partial charge in [0.2, 0.25) is 0 Å². The fraction of sp³-hybridized carbons (Fsp3) is 0.125. The van der Waals surface area contributed by atoms with Gasteiger partial charge in [-0.2, -0.15) is 0 Å². The molecule has 0 unspecified atom stereocenters. The van der Waals surface area contributed by atoms with Crippen molar-refractivity contribution in [1.82, 2.24) is 0 Å². The molecule has 4 heteroatoms. The van der Waals surface area contributed by atoms with Crippen molar-refractivity contribution in [3.8, 4) is 5.75 Å². The average Bonchev–Trinajstić information content (AvgIpc) is 2.08. The van der Waals surface area contributed by atoms with Gasteiger partial charge in [-0.3, -0.25) is 4.79 Å². The molecule has 0 amide bonds. The monoisotopic (exact) mass is 182 g/mol. The number of aldehydes is 1. The van der Waals surface area contributed by atoms with E-state index in [1.165, 1.54) is 7.11 Å². The fourth-order valence-corrected chi connectivity index (χ4v) is 1.26. The number of hydrogen-bond donors (Lipinski definition) is 0. The van der Waals surface area contributed by atoms with Gasteiger partial charge in [-0.05, 0) is 11.5 Å². The van der Waals surface area contributed by atoms with Gasteiger partial charge in [0, 0.05) is 0 Å². The van der Waals surface area contributed by atoms with E-state index in [9.17, 15) is 4.79 Å². The van der Waals surface area contributed by atoms with Gasteiger partial charge in [0.25, 0.3) is 0 Å². The molecule has 12 heavy (non-hydrogen) atoms. The van der Waals surface area contributed by atoms with E-state index >= 15 is 0 Å². The van der Waals surface area contributed by atoms with Gasteiger partial charge in [0.05, 0.1) is 17.7 Å². The highest BCUT2D eigenvalue weighted by Crippen LogP contribution is 2.21. The Morgan fingerprint density at radius 3 is 2.67 bits per heavy atom.